The molecule has 0 radical (unpaired) electrons. The molecule has 0 saturated heterocycles. The molecule has 12 nitrogen and oxygen atoms in total. The first-order chi connectivity index (χ1) is 6.00. The maximum Gasteiger partial charge on any atom is 3.00 e. The third kappa shape index (κ3) is 1080. The van der Waals surface area contributed by atoms with Crippen molar-refractivity contribution < 1.29 is 126 Å². The van der Waals surface area contributed by atoms with E-state index in [9.17, 15) is 0 Å². The Morgan fingerprint density at radius 2 is 0.412 bits per heavy atom. The van der Waals surface area contributed by atoms with Gasteiger partial charge in [0.2, 0.25) is 0 Å². The molecule has 0 aromatic heterocycles. The van der Waals surface area contributed by atoms with E-state index in [4.69, 9.17) is 52.6 Å². The van der Waals surface area contributed by atoms with Gasteiger partial charge >= 0.3 is 73.7 Å². The second-order valence-corrected chi connectivity index (χ2v) is 3.67. The first-order valence-electron chi connectivity index (χ1n) is 2.00. The fourth-order valence-corrected chi connectivity index (χ4v) is 0. The molecule has 0 aliphatic carbocycles. The van der Waals surface area contributed by atoms with Crippen LogP contribution in [0.5, 0.6) is 0 Å². The molecule has 0 aliphatic heterocycles. The Balaban J connectivity index is -0.0000000400. The van der Waals surface area contributed by atoms with Crippen molar-refractivity contribution in [3.05, 3.63) is 0 Å². The van der Waals surface area contributed by atoms with Crippen LogP contribution in [0.3, 0.4) is 0 Å². The normalized spacial score (nSPS) is 10.2. The molecule has 0 fully saturated rings. The van der Waals surface area contributed by atoms with Crippen LogP contribution >= 0.6 is 0 Å². The standard InChI is InChI=1S/2Lu.3H2O4S/c;;3*1-5(2,3)4/h;;3*(H2,1,2,3,4)/q2*+3;;;/p-6. The van der Waals surface area contributed by atoms with Gasteiger partial charge in [-0.2, -0.15) is 0 Å². The topological polar surface area (TPSA) is 241 Å². The summed E-state index contributed by atoms with van der Waals surface area (Å²) in [6, 6.07) is 0. The van der Waals surface area contributed by atoms with Crippen LogP contribution < -0.4 is 0 Å². The molecule has 0 aromatic rings. The molecule has 0 saturated carbocycles. The number of hydrogen-bond donors (Lipinski definition) is 0. The van der Waals surface area contributed by atoms with Crippen molar-refractivity contribution in [1.29, 1.82) is 0 Å². The van der Waals surface area contributed by atoms with Gasteiger partial charge in [-0.3, -0.25) is 25.3 Å². The third-order valence-electron chi connectivity index (χ3n) is 0. The van der Waals surface area contributed by atoms with E-state index in [1.54, 1.807) is 0 Å². The Morgan fingerprint density at radius 1 is 0.412 bits per heavy atom. The minimum absolute atomic E-state index is 0. The zero-order chi connectivity index (χ0) is 13.5. The summed E-state index contributed by atoms with van der Waals surface area (Å²) in [5, 5.41) is 0. The molecule has 0 bridgehead atoms. The van der Waals surface area contributed by atoms with Gasteiger partial charge in [0, 0.05) is 31.2 Å². The first-order valence-corrected chi connectivity index (χ1v) is 6.00. The Bertz CT molecular complexity index is 341. The predicted octanol–water partition coefficient (Wildman–Crippen LogP) is -4.01. The fraction of sp³-hybridized carbons (Fsp3) is 0. The number of hydrogen-bond acceptors (Lipinski definition) is 12. The zero-order valence-corrected chi connectivity index (χ0v) is 12.4. The molecule has 0 spiro atoms. The van der Waals surface area contributed by atoms with Crippen LogP contribution in [-0.4, -0.2) is 52.6 Å². The van der Waals surface area contributed by atoms with Crippen LogP contribution in [-0.2, 0) is 31.2 Å². The fourth-order valence-electron chi connectivity index (χ4n) is 0. The van der Waals surface area contributed by atoms with Crippen molar-refractivity contribution in [1.82, 2.24) is 0 Å². The molecule has 0 amide bonds. The molecule has 120 valence electrons. The van der Waals surface area contributed by atoms with Crippen LogP contribution in [0.2, 0.25) is 0 Å². The summed E-state index contributed by atoms with van der Waals surface area (Å²) in [7, 11) is -15.5. The van der Waals surface area contributed by atoms with E-state index in [2.05, 4.69) is 0 Å². The smallest absolute Gasteiger partial charge is 0.759 e. The van der Waals surface area contributed by atoms with Gasteiger partial charge in [0.15, 0.2) is 0 Å². The van der Waals surface area contributed by atoms with Gasteiger partial charge in [-0.15, -0.1) is 0 Å². The minimum atomic E-state index is -5.17. The van der Waals surface area contributed by atoms with E-state index in [1.165, 1.54) is 0 Å². The van der Waals surface area contributed by atoms with Gasteiger partial charge in [-0.25, -0.2) is 0 Å². The monoisotopic (exact) mass is 638 g/mol. The third-order valence-corrected chi connectivity index (χ3v) is 0. The van der Waals surface area contributed by atoms with Crippen LogP contribution in [0.4, 0.5) is 0 Å². The van der Waals surface area contributed by atoms with Crippen LogP contribution in [0, 0.1) is 73.7 Å². The molecule has 17 heavy (non-hydrogen) atoms. The quantitative estimate of drug-likeness (QED) is 0.182. The van der Waals surface area contributed by atoms with E-state index in [0.717, 1.165) is 0 Å². The van der Waals surface area contributed by atoms with E-state index >= 15 is 0 Å². The summed E-state index contributed by atoms with van der Waals surface area (Å²) >= 11 is 0. The van der Waals surface area contributed by atoms with Crippen LogP contribution in [0.25, 0.3) is 0 Å². The molecule has 0 aromatic carbocycles. The molecule has 0 heterocycles. The van der Waals surface area contributed by atoms with Gasteiger partial charge < -0.3 is 27.3 Å². The van der Waals surface area contributed by atoms with Crippen molar-refractivity contribution in [2.75, 3.05) is 0 Å². The van der Waals surface area contributed by atoms with Crippen LogP contribution in [0.1, 0.15) is 0 Å². The zero-order valence-electron chi connectivity index (χ0n) is 6.64. The summed E-state index contributed by atoms with van der Waals surface area (Å²) in [6.45, 7) is 0. The molecule has 0 rings (SSSR count). The SMILES string of the molecule is O=S(=O)([O-])[O-].O=S(=O)([O-])[O-].O=S(=O)([O-])[O-].[Lu+3].[Lu+3]. The van der Waals surface area contributed by atoms with Crippen molar-refractivity contribution in [3.8, 4) is 0 Å². The average molecular weight is 638 g/mol. The summed E-state index contributed by atoms with van der Waals surface area (Å²) < 4.78 is 102. The summed E-state index contributed by atoms with van der Waals surface area (Å²) in [6.07, 6.45) is 0. The van der Waals surface area contributed by atoms with Gasteiger partial charge in [-0.1, -0.05) is 0 Å². The average Bonchev–Trinajstić information content (AvgIpc) is 1.41. The second kappa shape index (κ2) is 13.1. The summed E-state index contributed by atoms with van der Waals surface area (Å²) in [4.78, 5) is 0. The van der Waals surface area contributed by atoms with Gasteiger partial charge in [-0.05, 0) is 0 Å². The Morgan fingerprint density at radius 3 is 0.412 bits per heavy atom. The molecule has 0 N–H and O–H groups in total. The summed E-state index contributed by atoms with van der Waals surface area (Å²) in [5.41, 5.74) is 0. The van der Waals surface area contributed by atoms with E-state index in [-0.39, 0.29) is 73.7 Å². The van der Waals surface area contributed by atoms with E-state index in [1.807, 2.05) is 0 Å². The predicted molar refractivity (Wildman–Crippen MR) is 31.4 cm³/mol. The van der Waals surface area contributed by atoms with Crippen LogP contribution in [0.15, 0.2) is 0 Å². The summed E-state index contributed by atoms with van der Waals surface area (Å²) in [5.74, 6) is 0. The van der Waals surface area contributed by atoms with Gasteiger partial charge in [0.05, 0.1) is 0 Å². The molecular formula is Lu2O12S3. The molecular weight excluding hydrogens is 638 g/mol. The largest absolute Gasteiger partial charge is 3.00 e. The Labute approximate surface area is 155 Å². The Kier molecular flexibility index (Phi) is 24.2. The molecule has 0 atom stereocenters. The minimum Gasteiger partial charge on any atom is -0.759 e. The van der Waals surface area contributed by atoms with Crippen molar-refractivity contribution >= 4 is 31.2 Å². The van der Waals surface area contributed by atoms with Gasteiger partial charge in [0.25, 0.3) is 0 Å². The Hall–Kier alpha value is 2.08. The van der Waals surface area contributed by atoms with Gasteiger partial charge in [0.1, 0.15) is 0 Å². The first kappa shape index (κ1) is 31.5. The number of rotatable bonds is 0. The van der Waals surface area contributed by atoms with Crippen molar-refractivity contribution in [3.63, 3.8) is 0 Å². The molecule has 0 unspecified atom stereocenters. The maximum absolute atomic E-state index is 8.52. The van der Waals surface area contributed by atoms with Crippen molar-refractivity contribution in [2.45, 2.75) is 0 Å². The molecule has 0 aliphatic rings. The second-order valence-electron chi connectivity index (χ2n) is 1.22. The van der Waals surface area contributed by atoms with Crippen molar-refractivity contribution in [2.24, 2.45) is 0 Å². The molecule has 17 heteroatoms. The maximum atomic E-state index is 8.52. The van der Waals surface area contributed by atoms with E-state index < -0.39 is 31.2 Å². The van der Waals surface area contributed by atoms with E-state index in [0.29, 0.717) is 0 Å².